The quantitative estimate of drug-likeness (QED) is 0.274. The van der Waals surface area contributed by atoms with E-state index in [1.54, 1.807) is 30.4 Å². The van der Waals surface area contributed by atoms with Gasteiger partial charge in [-0.1, -0.05) is 23.8 Å². The Kier molecular flexibility index (Phi) is 9.92. The Morgan fingerprint density at radius 1 is 1.17 bits per heavy atom. The van der Waals surface area contributed by atoms with Gasteiger partial charge in [0.15, 0.2) is 0 Å². The van der Waals surface area contributed by atoms with E-state index in [0.717, 1.165) is 12.1 Å². The first kappa shape index (κ1) is 30.7. The summed E-state index contributed by atoms with van der Waals surface area (Å²) in [6.45, 7) is 2.27. The number of imidazole rings is 1. The van der Waals surface area contributed by atoms with Crippen LogP contribution in [-0.4, -0.2) is 60.0 Å². The molecule has 1 unspecified atom stereocenters. The molecule has 4 N–H and O–H groups in total. The predicted octanol–water partition coefficient (Wildman–Crippen LogP) is 5.58. The van der Waals surface area contributed by atoms with Crippen molar-refractivity contribution in [3.05, 3.63) is 76.2 Å². The number of nitrogens with one attached hydrogen (secondary N) is 4. The molecule has 0 aliphatic carbocycles. The Bertz CT molecular complexity index is 1500. The highest BCUT2D eigenvalue weighted by Gasteiger charge is 2.25. The molecule has 4 rings (SSSR count). The zero-order chi connectivity index (χ0) is 30.4. The minimum absolute atomic E-state index is 0.109. The van der Waals surface area contributed by atoms with Gasteiger partial charge in [-0.15, -0.1) is 0 Å². The van der Waals surface area contributed by atoms with Crippen molar-refractivity contribution >= 4 is 40.9 Å². The molecule has 2 aromatic carbocycles. The first-order chi connectivity index (χ1) is 20.0. The number of nitrogens with zero attached hydrogens (tertiary/aromatic N) is 2. The molecule has 1 aromatic heterocycles. The van der Waals surface area contributed by atoms with Crippen LogP contribution in [0.2, 0.25) is 5.15 Å². The number of aryl methyl sites for hydroxylation is 1. The number of anilines is 2. The standard InChI is InChI=1S/C29H31ClF2N6O4/c1-16-13-19(31)24(20(32)14-16)28(40)35-21-7-5-4-6-8-23(39)34-22-15-17(33-29(41)42-12-11-38(2)3)9-10-18(22)25-26(30)37-27(21)36-25/h4-5,9-10,13-15,21H,6-8,11-12H2,1-3H3,(H,33,41)(H,34,39)(H,35,40)(H,36,37)/b5-4+. The van der Waals surface area contributed by atoms with E-state index in [2.05, 4.69) is 25.9 Å². The second-order valence-corrected chi connectivity index (χ2v) is 10.4. The number of carbonyl (C=O) groups is 3. The summed E-state index contributed by atoms with van der Waals surface area (Å²) in [5, 5.41) is 8.23. The number of hydrogen-bond acceptors (Lipinski definition) is 6. The molecule has 2 heterocycles. The van der Waals surface area contributed by atoms with Gasteiger partial charge in [0.05, 0.1) is 11.7 Å². The van der Waals surface area contributed by atoms with Crippen molar-refractivity contribution < 1.29 is 27.9 Å². The molecule has 0 radical (unpaired) electrons. The van der Waals surface area contributed by atoms with Gasteiger partial charge in [0, 0.05) is 24.2 Å². The van der Waals surface area contributed by atoms with Gasteiger partial charge in [-0.3, -0.25) is 14.9 Å². The Hall–Kier alpha value is -4.29. The van der Waals surface area contributed by atoms with Crippen molar-refractivity contribution in [2.45, 2.75) is 32.2 Å². The number of aromatic amines is 1. The summed E-state index contributed by atoms with van der Waals surface area (Å²) in [5.74, 6) is -2.95. The molecule has 0 fully saturated rings. The molecule has 2 bridgehead atoms. The molecule has 1 aliphatic rings. The van der Waals surface area contributed by atoms with Crippen LogP contribution >= 0.6 is 11.6 Å². The first-order valence-electron chi connectivity index (χ1n) is 13.2. The third-order valence-electron chi connectivity index (χ3n) is 6.37. The number of hydrogen-bond donors (Lipinski definition) is 4. The van der Waals surface area contributed by atoms with Gasteiger partial charge in [0.2, 0.25) is 5.91 Å². The second kappa shape index (κ2) is 13.6. The summed E-state index contributed by atoms with van der Waals surface area (Å²) in [4.78, 5) is 47.3. The fourth-order valence-electron chi connectivity index (χ4n) is 4.28. The normalized spacial score (nSPS) is 15.9. The van der Waals surface area contributed by atoms with Crippen LogP contribution in [0.4, 0.5) is 25.0 Å². The maximum Gasteiger partial charge on any atom is 0.411 e. The molecular formula is C29H31ClF2N6O4. The Morgan fingerprint density at radius 3 is 2.62 bits per heavy atom. The SMILES string of the molecule is Cc1cc(F)c(C(=O)NC2C/C=C/CCC(=O)Nc3cc(NC(=O)OCCN(C)C)ccc3-c3nc2[nH]c3Cl)c(F)c1. The summed E-state index contributed by atoms with van der Waals surface area (Å²) in [7, 11) is 3.72. The minimum atomic E-state index is -0.979. The third-order valence-corrected chi connectivity index (χ3v) is 6.64. The lowest BCUT2D eigenvalue weighted by Gasteiger charge is -2.16. The van der Waals surface area contributed by atoms with E-state index in [1.807, 2.05) is 19.0 Å². The largest absolute Gasteiger partial charge is 0.448 e. The predicted molar refractivity (Wildman–Crippen MR) is 155 cm³/mol. The molecule has 13 heteroatoms. The minimum Gasteiger partial charge on any atom is -0.448 e. The number of aromatic nitrogens is 2. The summed E-state index contributed by atoms with van der Waals surface area (Å²) >= 11 is 6.53. The highest BCUT2D eigenvalue weighted by atomic mass is 35.5. The Balaban J connectivity index is 1.65. The average Bonchev–Trinajstić information content (AvgIpc) is 3.28. The first-order valence-corrected chi connectivity index (χ1v) is 13.6. The number of amides is 3. The van der Waals surface area contributed by atoms with Crippen molar-refractivity contribution in [1.29, 1.82) is 0 Å². The second-order valence-electron chi connectivity index (χ2n) is 10.0. The molecule has 1 aliphatic heterocycles. The van der Waals surface area contributed by atoms with Gasteiger partial charge in [-0.05, 0) is 69.8 Å². The van der Waals surface area contributed by atoms with Crippen molar-refractivity contribution in [3.8, 4) is 11.3 Å². The van der Waals surface area contributed by atoms with Gasteiger partial charge >= 0.3 is 6.09 Å². The van der Waals surface area contributed by atoms with E-state index in [-0.39, 0.29) is 42.0 Å². The van der Waals surface area contributed by atoms with E-state index in [0.29, 0.717) is 35.5 Å². The highest BCUT2D eigenvalue weighted by Crippen LogP contribution is 2.35. The number of likely N-dealkylation sites (N-methyl/N-ethyl adjacent to an activating group) is 1. The highest BCUT2D eigenvalue weighted by molar-refractivity contribution is 6.32. The van der Waals surface area contributed by atoms with Crippen LogP contribution in [0, 0.1) is 18.6 Å². The molecule has 222 valence electrons. The fraction of sp³-hybridized carbons (Fsp3) is 0.310. The smallest absolute Gasteiger partial charge is 0.411 e. The number of fused-ring (bicyclic) bond motifs is 4. The molecule has 3 amide bonds. The molecule has 42 heavy (non-hydrogen) atoms. The summed E-state index contributed by atoms with van der Waals surface area (Å²) < 4.78 is 34.2. The van der Waals surface area contributed by atoms with E-state index >= 15 is 0 Å². The lowest BCUT2D eigenvalue weighted by atomic mass is 10.1. The van der Waals surface area contributed by atoms with Crippen LogP contribution in [0.3, 0.4) is 0 Å². The van der Waals surface area contributed by atoms with Crippen molar-refractivity contribution in [2.24, 2.45) is 0 Å². The Labute approximate surface area is 246 Å². The lowest BCUT2D eigenvalue weighted by Crippen LogP contribution is -2.30. The monoisotopic (exact) mass is 600 g/mol. The average molecular weight is 601 g/mol. The molecule has 1 atom stereocenters. The number of carbonyl (C=O) groups excluding carboxylic acids is 3. The topological polar surface area (TPSA) is 128 Å². The van der Waals surface area contributed by atoms with Gasteiger partial charge in [0.1, 0.15) is 40.5 Å². The summed E-state index contributed by atoms with van der Waals surface area (Å²) in [6, 6.07) is 6.12. The molecule has 10 nitrogen and oxygen atoms in total. The van der Waals surface area contributed by atoms with E-state index in [1.165, 1.54) is 6.92 Å². The van der Waals surface area contributed by atoms with Gasteiger partial charge in [-0.25, -0.2) is 18.6 Å². The van der Waals surface area contributed by atoms with Crippen LogP contribution in [0.5, 0.6) is 0 Å². The molecule has 3 aromatic rings. The number of benzene rings is 2. The number of rotatable bonds is 6. The zero-order valence-corrected chi connectivity index (χ0v) is 24.1. The molecular weight excluding hydrogens is 570 g/mol. The van der Waals surface area contributed by atoms with Crippen LogP contribution < -0.4 is 16.0 Å². The molecule has 0 saturated carbocycles. The number of H-pyrrole nitrogens is 1. The number of halogens is 3. The maximum atomic E-state index is 14.5. The van der Waals surface area contributed by atoms with E-state index in [9.17, 15) is 23.2 Å². The van der Waals surface area contributed by atoms with Crippen molar-refractivity contribution in [1.82, 2.24) is 20.2 Å². The van der Waals surface area contributed by atoms with Crippen LogP contribution in [-0.2, 0) is 9.53 Å². The molecule has 0 saturated heterocycles. The maximum absolute atomic E-state index is 14.5. The van der Waals surface area contributed by atoms with Gasteiger partial charge in [-0.2, -0.15) is 0 Å². The third kappa shape index (κ3) is 7.71. The van der Waals surface area contributed by atoms with Gasteiger partial charge in [0.25, 0.3) is 5.91 Å². The van der Waals surface area contributed by atoms with E-state index < -0.39 is 35.2 Å². The van der Waals surface area contributed by atoms with Gasteiger partial charge < -0.3 is 25.3 Å². The van der Waals surface area contributed by atoms with Crippen LogP contribution in [0.25, 0.3) is 11.3 Å². The van der Waals surface area contributed by atoms with Crippen molar-refractivity contribution in [2.75, 3.05) is 37.9 Å². The fourth-order valence-corrected chi connectivity index (χ4v) is 4.52. The number of ether oxygens (including phenoxy) is 1. The zero-order valence-electron chi connectivity index (χ0n) is 23.3. The summed E-state index contributed by atoms with van der Waals surface area (Å²) in [6.07, 6.45) is 3.59. The Morgan fingerprint density at radius 2 is 1.90 bits per heavy atom. The number of allylic oxidation sites excluding steroid dienone is 1. The molecule has 0 spiro atoms. The van der Waals surface area contributed by atoms with Crippen LogP contribution in [0.1, 0.15) is 47.1 Å². The van der Waals surface area contributed by atoms with Crippen LogP contribution in [0.15, 0.2) is 42.5 Å². The lowest BCUT2D eigenvalue weighted by molar-refractivity contribution is -0.116. The van der Waals surface area contributed by atoms with E-state index in [4.69, 9.17) is 16.3 Å². The van der Waals surface area contributed by atoms with Crippen molar-refractivity contribution in [3.63, 3.8) is 0 Å². The summed E-state index contributed by atoms with van der Waals surface area (Å²) in [5.41, 5.74) is 1.04.